The number of benzene rings is 4. The van der Waals surface area contributed by atoms with Crippen molar-refractivity contribution in [3.05, 3.63) is 94.0 Å². The van der Waals surface area contributed by atoms with Crippen LogP contribution in [0, 0.1) is 41.5 Å². The molecule has 2 N–H and O–H groups in total. The Morgan fingerprint density at radius 3 is 1.14 bits per heavy atom. The van der Waals surface area contributed by atoms with Crippen LogP contribution in [0.4, 0.5) is 11.4 Å². The highest BCUT2D eigenvalue weighted by Crippen LogP contribution is 2.40. The Balaban J connectivity index is 2.02. The third kappa shape index (κ3) is 6.00. The average Bonchev–Trinajstić information content (AvgIpc) is 2.88. The van der Waals surface area contributed by atoms with Crippen LogP contribution in [0.2, 0.25) is 0 Å². The van der Waals surface area contributed by atoms with Crippen molar-refractivity contribution in [1.29, 1.82) is 0 Å². The monoisotopic (exact) mass is 638 g/mol. The van der Waals surface area contributed by atoms with E-state index in [4.69, 9.17) is 0 Å². The number of rotatable bonds is 10. The number of carboxylic acids is 2. The van der Waals surface area contributed by atoms with Gasteiger partial charge in [0.15, 0.2) is 0 Å². The van der Waals surface area contributed by atoms with Crippen LogP contribution in [0.15, 0.2) is 70.5 Å². The number of nitrogens with zero attached hydrogens (tertiary/aromatic N) is 2. The number of aryl methyl sites for hydroxylation is 6. The van der Waals surface area contributed by atoms with Crippen molar-refractivity contribution in [2.45, 2.75) is 51.3 Å². The van der Waals surface area contributed by atoms with Crippen LogP contribution < -0.4 is 8.61 Å². The maximum Gasteiger partial charge on any atom is 0.324 e. The molecule has 0 saturated heterocycles. The van der Waals surface area contributed by atoms with Crippen LogP contribution in [0.1, 0.15) is 33.4 Å². The van der Waals surface area contributed by atoms with Gasteiger partial charge in [-0.05, 0) is 75.9 Å². The summed E-state index contributed by atoms with van der Waals surface area (Å²) in [5.41, 5.74) is 3.48. The highest BCUT2D eigenvalue weighted by atomic mass is 32.2. The van der Waals surface area contributed by atoms with Crippen LogP contribution in [0.25, 0.3) is 10.8 Å². The third-order valence-electron chi connectivity index (χ3n) is 7.28. The summed E-state index contributed by atoms with van der Waals surface area (Å²) >= 11 is 0. The molecule has 4 aromatic carbocycles. The zero-order chi connectivity index (χ0) is 32.7. The van der Waals surface area contributed by atoms with E-state index in [9.17, 15) is 36.6 Å². The number of sulfonamides is 2. The Hall–Kier alpha value is -4.42. The van der Waals surface area contributed by atoms with Gasteiger partial charge in [0.1, 0.15) is 13.1 Å². The molecule has 44 heavy (non-hydrogen) atoms. The molecular formula is C32H34N2O8S2. The Morgan fingerprint density at radius 1 is 0.568 bits per heavy atom. The smallest absolute Gasteiger partial charge is 0.324 e. The van der Waals surface area contributed by atoms with E-state index >= 15 is 0 Å². The van der Waals surface area contributed by atoms with E-state index in [1.807, 2.05) is 13.8 Å². The maximum atomic E-state index is 14.2. The average molecular weight is 639 g/mol. The van der Waals surface area contributed by atoms with Crippen molar-refractivity contribution in [2.24, 2.45) is 0 Å². The topological polar surface area (TPSA) is 149 Å². The highest BCUT2D eigenvalue weighted by molar-refractivity contribution is 7.93. The second-order valence-electron chi connectivity index (χ2n) is 10.9. The van der Waals surface area contributed by atoms with Crippen molar-refractivity contribution >= 4 is 54.1 Å². The third-order valence-corrected chi connectivity index (χ3v) is 11.4. The quantitative estimate of drug-likeness (QED) is 0.239. The molecule has 0 radical (unpaired) electrons. The van der Waals surface area contributed by atoms with Crippen LogP contribution in [0.5, 0.6) is 0 Å². The first-order valence-corrected chi connectivity index (χ1v) is 16.5. The molecule has 0 saturated carbocycles. The van der Waals surface area contributed by atoms with Gasteiger partial charge in [-0.25, -0.2) is 16.8 Å². The minimum atomic E-state index is -4.43. The fourth-order valence-electron chi connectivity index (χ4n) is 5.91. The minimum Gasteiger partial charge on any atom is -0.480 e. The number of hydrogen-bond acceptors (Lipinski definition) is 6. The largest absolute Gasteiger partial charge is 0.480 e. The van der Waals surface area contributed by atoms with Crippen molar-refractivity contribution in [3.63, 3.8) is 0 Å². The predicted molar refractivity (Wildman–Crippen MR) is 170 cm³/mol. The first-order chi connectivity index (χ1) is 20.5. The zero-order valence-corrected chi connectivity index (χ0v) is 26.9. The summed E-state index contributed by atoms with van der Waals surface area (Å²) in [4.78, 5) is 24.0. The molecule has 0 aliphatic carbocycles. The molecule has 0 fully saturated rings. The normalized spacial score (nSPS) is 11.9. The first-order valence-electron chi connectivity index (χ1n) is 13.6. The molecule has 10 nitrogen and oxygen atoms in total. The maximum absolute atomic E-state index is 14.2. The minimum absolute atomic E-state index is 0.00138. The SMILES string of the molecule is Cc1cc(C)c(S(=O)(=O)N(CC(=O)O)c2ccc(N(CC(=O)O)S(=O)(=O)c3c(C)cc(C)cc3C)c3ccccc23)c(C)c1. The van der Waals surface area contributed by atoms with E-state index in [0.29, 0.717) is 22.3 Å². The first kappa shape index (κ1) is 32.5. The molecule has 0 heterocycles. The van der Waals surface area contributed by atoms with E-state index in [-0.39, 0.29) is 31.9 Å². The number of carboxylic acid groups (broad SMARTS) is 2. The second kappa shape index (κ2) is 11.9. The molecule has 0 amide bonds. The summed E-state index contributed by atoms with van der Waals surface area (Å²) in [5.74, 6) is -2.80. The summed E-state index contributed by atoms with van der Waals surface area (Å²) in [6.07, 6.45) is 0. The lowest BCUT2D eigenvalue weighted by atomic mass is 10.1. The number of fused-ring (bicyclic) bond motifs is 1. The number of anilines is 2. The Morgan fingerprint density at radius 2 is 0.864 bits per heavy atom. The lowest BCUT2D eigenvalue weighted by Gasteiger charge is -2.29. The van der Waals surface area contributed by atoms with Gasteiger partial charge in [-0.2, -0.15) is 0 Å². The van der Waals surface area contributed by atoms with Crippen molar-refractivity contribution in [2.75, 3.05) is 21.7 Å². The van der Waals surface area contributed by atoms with Gasteiger partial charge in [0.2, 0.25) is 0 Å². The summed E-state index contributed by atoms with van der Waals surface area (Å²) in [6, 6.07) is 15.7. The van der Waals surface area contributed by atoms with E-state index in [1.165, 1.54) is 12.1 Å². The molecule has 0 spiro atoms. The molecule has 0 bridgehead atoms. The van der Waals surface area contributed by atoms with Crippen LogP contribution >= 0.6 is 0 Å². The Labute approximate surface area is 257 Å². The number of aliphatic carboxylic acids is 2. The van der Waals surface area contributed by atoms with Gasteiger partial charge < -0.3 is 10.2 Å². The molecule has 0 aliphatic rings. The summed E-state index contributed by atoms with van der Waals surface area (Å²) in [6.45, 7) is 8.39. The van der Waals surface area contributed by atoms with Crippen LogP contribution in [0.3, 0.4) is 0 Å². The van der Waals surface area contributed by atoms with Crippen molar-refractivity contribution < 1.29 is 36.6 Å². The second-order valence-corrected chi connectivity index (χ2v) is 14.5. The van der Waals surface area contributed by atoms with Gasteiger partial charge in [-0.1, -0.05) is 59.7 Å². The van der Waals surface area contributed by atoms with Gasteiger partial charge in [-0.15, -0.1) is 0 Å². The Bertz CT molecular complexity index is 1840. The van der Waals surface area contributed by atoms with Gasteiger partial charge in [0, 0.05) is 10.8 Å². The molecule has 4 rings (SSSR count). The number of hydrogen-bond donors (Lipinski definition) is 2. The molecule has 12 heteroatoms. The molecule has 0 aliphatic heterocycles. The molecular weight excluding hydrogens is 604 g/mol. The molecule has 4 aromatic rings. The summed E-state index contributed by atoms with van der Waals surface area (Å²) in [5, 5.41) is 20.0. The lowest BCUT2D eigenvalue weighted by Crippen LogP contribution is -2.38. The number of carbonyl (C=O) groups is 2. The van der Waals surface area contributed by atoms with Gasteiger partial charge in [0.05, 0.1) is 21.2 Å². The summed E-state index contributed by atoms with van der Waals surface area (Å²) < 4.78 is 58.2. The molecule has 0 aromatic heterocycles. The summed E-state index contributed by atoms with van der Waals surface area (Å²) in [7, 11) is -8.86. The fourth-order valence-corrected chi connectivity index (χ4v) is 9.62. The van der Waals surface area contributed by atoms with Crippen molar-refractivity contribution in [1.82, 2.24) is 0 Å². The van der Waals surface area contributed by atoms with E-state index < -0.39 is 45.1 Å². The van der Waals surface area contributed by atoms with Gasteiger partial charge in [-0.3, -0.25) is 18.2 Å². The van der Waals surface area contributed by atoms with Gasteiger partial charge in [0.25, 0.3) is 20.0 Å². The highest BCUT2D eigenvalue weighted by Gasteiger charge is 2.34. The standard InChI is InChI=1S/C32H34N2O8S2/c1-19-13-21(3)31(22(4)14-19)43(39,40)33(17-29(35)36)27-11-12-28(26-10-8-7-9-25(26)27)34(18-30(37)38)44(41,42)32-23(5)15-20(2)16-24(32)6/h7-16H,17-18H2,1-6H3,(H,35,36)(H,37,38). The zero-order valence-electron chi connectivity index (χ0n) is 25.2. The molecule has 0 unspecified atom stereocenters. The fraction of sp³-hybridized carbons (Fsp3) is 0.250. The van der Waals surface area contributed by atoms with Crippen LogP contribution in [-0.2, 0) is 29.6 Å². The predicted octanol–water partition coefficient (Wildman–Crippen LogP) is 5.25. The molecule has 0 atom stereocenters. The lowest BCUT2D eigenvalue weighted by molar-refractivity contribution is -0.136. The Kier molecular flexibility index (Phi) is 8.81. The van der Waals surface area contributed by atoms with E-state index in [2.05, 4.69) is 0 Å². The van der Waals surface area contributed by atoms with E-state index in [0.717, 1.165) is 19.7 Å². The van der Waals surface area contributed by atoms with Gasteiger partial charge >= 0.3 is 11.9 Å². The van der Waals surface area contributed by atoms with E-state index in [1.54, 1.807) is 76.2 Å². The van der Waals surface area contributed by atoms with Crippen LogP contribution in [-0.4, -0.2) is 52.1 Å². The molecule has 232 valence electrons. The van der Waals surface area contributed by atoms with Crippen molar-refractivity contribution in [3.8, 4) is 0 Å².